The van der Waals surface area contributed by atoms with Crippen molar-refractivity contribution in [2.24, 2.45) is 7.05 Å². The predicted octanol–water partition coefficient (Wildman–Crippen LogP) is 4.86. The molecule has 0 aliphatic rings. The number of carbonyl (C=O) groups is 1. The van der Waals surface area contributed by atoms with Crippen LogP contribution < -0.4 is 11.1 Å². The van der Waals surface area contributed by atoms with Gasteiger partial charge in [-0.2, -0.15) is 0 Å². The van der Waals surface area contributed by atoms with Crippen LogP contribution in [0.1, 0.15) is 11.1 Å². The van der Waals surface area contributed by atoms with Crippen molar-refractivity contribution in [2.75, 3.05) is 11.1 Å². The van der Waals surface area contributed by atoms with Crippen molar-refractivity contribution in [3.8, 4) is 11.1 Å². The molecule has 0 saturated heterocycles. The molecule has 3 N–H and O–H groups in total. The molecular formula is C26H23N5O. The second-order valence-electron chi connectivity index (χ2n) is 8.05. The summed E-state index contributed by atoms with van der Waals surface area (Å²) in [7, 11) is 1.94. The van der Waals surface area contributed by atoms with E-state index in [0.717, 1.165) is 44.4 Å². The van der Waals surface area contributed by atoms with Crippen LogP contribution in [-0.2, 0) is 18.3 Å². The lowest BCUT2D eigenvalue weighted by Crippen LogP contribution is -2.14. The molecule has 2 aromatic heterocycles. The van der Waals surface area contributed by atoms with Gasteiger partial charge in [0.05, 0.1) is 11.8 Å². The smallest absolute Gasteiger partial charge is 0.228 e. The zero-order valence-electron chi connectivity index (χ0n) is 18.0. The minimum absolute atomic E-state index is 0.0461. The zero-order valence-corrected chi connectivity index (χ0v) is 18.0. The summed E-state index contributed by atoms with van der Waals surface area (Å²) in [5.74, 6) is 0.410. The Morgan fingerprint density at radius 3 is 2.62 bits per heavy atom. The molecular weight excluding hydrogens is 398 g/mol. The summed E-state index contributed by atoms with van der Waals surface area (Å²) < 4.78 is 1.95. The predicted molar refractivity (Wildman–Crippen MR) is 129 cm³/mol. The Kier molecular flexibility index (Phi) is 4.82. The maximum absolute atomic E-state index is 12.7. The number of rotatable bonds is 4. The summed E-state index contributed by atoms with van der Waals surface area (Å²) >= 11 is 0. The molecule has 2 heterocycles. The SMILES string of the molecule is Cc1cc(NC(=O)Cc2ccc3ccccc3c2)ccc1-c1cn(C)c2ncnc(N)c12. The fourth-order valence-corrected chi connectivity index (χ4v) is 4.22. The number of aryl methyl sites for hydroxylation is 2. The molecule has 6 nitrogen and oxygen atoms in total. The number of benzene rings is 3. The Balaban J connectivity index is 1.38. The summed E-state index contributed by atoms with van der Waals surface area (Å²) in [6, 6.07) is 20.2. The van der Waals surface area contributed by atoms with Gasteiger partial charge < -0.3 is 15.6 Å². The van der Waals surface area contributed by atoms with Crippen LogP contribution in [0.15, 0.2) is 73.2 Å². The highest BCUT2D eigenvalue weighted by molar-refractivity contribution is 6.01. The molecule has 0 aliphatic heterocycles. The fourth-order valence-electron chi connectivity index (χ4n) is 4.22. The van der Waals surface area contributed by atoms with Crippen molar-refractivity contribution in [1.29, 1.82) is 0 Å². The topological polar surface area (TPSA) is 85.8 Å². The van der Waals surface area contributed by atoms with Gasteiger partial charge in [-0.3, -0.25) is 4.79 Å². The highest BCUT2D eigenvalue weighted by Crippen LogP contribution is 2.34. The number of hydrogen-bond donors (Lipinski definition) is 2. The molecule has 32 heavy (non-hydrogen) atoms. The number of nitrogens with zero attached hydrogens (tertiary/aromatic N) is 3. The quantitative estimate of drug-likeness (QED) is 0.434. The summed E-state index contributed by atoms with van der Waals surface area (Å²) in [5.41, 5.74) is 11.7. The number of nitrogens with two attached hydrogens (primary N) is 1. The van der Waals surface area contributed by atoms with Crippen molar-refractivity contribution in [1.82, 2.24) is 14.5 Å². The van der Waals surface area contributed by atoms with Gasteiger partial charge in [0, 0.05) is 24.5 Å². The van der Waals surface area contributed by atoms with Crippen molar-refractivity contribution in [3.05, 3.63) is 84.3 Å². The van der Waals surface area contributed by atoms with E-state index in [0.29, 0.717) is 12.2 Å². The first-order valence-corrected chi connectivity index (χ1v) is 10.4. The van der Waals surface area contributed by atoms with Crippen LogP contribution >= 0.6 is 0 Å². The maximum atomic E-state index is 12.7. The second kappa shape index (κ2) is 7.81. The van der Waals surface area contributed by atoms with E-state index in [1.165, 1.54) is 11.7 Å². The number of nitrogens with one attached hydrogen (secondary N) is 1. The van der Waals surface area contributed by atoms with Gasteiger partial charge >= 0.3 is 0 Å². The lowest BCUT2D eigenvalue weighted by Gasteiger charge is -2.10. The molecule has 0 unspecified atom stereocenters. The van der Waals surface area contributed by atoms with Crippen molar-refractivity contribution in [3.63, 3.8) is 0 Å². The van der Waals surface area contributed by atoms with Gasteiger partial charge in [0.15, 0.2) is 0 Å². The first-order valence-electron chi connectivity index (χ1n) is 10.4. The lowest BCUT2D eigenvalue weighted by atomic mass is 10.00. The second-order valence-corrected chi connectivity index (χ2v) is 8.05. The van der Waals surface area contributed by atoms with Crippen LogP contribution in [0.4, 0.5) is 11.5 Å². The van der Waals surface area contributed by atoms with Crippen molar-refractivity contribution >= 4 is 39.2 Å². The average Bonchev–Trinajstić information content (AvgIpc) is 3.11. The number of fused-ring (bicyclic) bond motifs is 2. The number of amides is 1. The van der Waals surface area contributed by atoms with Crippen LogP contribution in [0, 0.1) is 6.92 Å². The minimum Gasteiger partial charge on any atom is -0.383 e. The normalized spacial score (nSPS) is 11.2. The maximum Gasteiger partial charge on any atom is 0.228 e. The molecule has 0 atom stereocenters. The molecule has 0 fully saturated rings. The molecule has 5 aromatic rings. The molecule has 0 spiro atoms. The zero-order chi connectivity index (χ0) is 22.2. The largest absolute Gasteiger partial charge is 0.383 e. The highest BCUT2D eigenvalue weighted by atomic mass is 16.1. The molecule has 6 heteroatoms. The Morgan fingerprint density at radius 2 is 1.81 bits per heavy atom. The Hall–Kier alpha value is -4.19. The number of nitrogen functional groups attached to an aromatic ring is 1. The molecule has 3 aromatic carbocycles. The van der Waals surface area contributed by atoms with Crippen molar-refractivity contribution in [2.45, 2.75) is 13.3 Å². The van der Waals surface area contributed by atoms with Gasteiger partial charge in [-0.05, 0) is 46.5 Å². The minimum atomic E-state index is -0.0461. The highest BCUT2D eigenvalue weighted by Gasteiger charge is 2.15. The summed E-state index contributed by atoms with van der Waals surface area (Å²) in [6.07, 6.45) is 3.81. The first-order chi connectivity index (χ1) is 15.5. The van der Waals surface area contributed by atoms with Gasteiger partial charge in [-0.25, -0.2) is 9.97 Å². The van der Waals surface area contributed by atoms with Crippen LogP contribution in [0.2, 0.25) is 0 Å². The van der Waals surface area contributed by atoms with Gasteiger partial charge in [-0.15, -0.1) is 0 Å². The molecule has 0 bridgehead atoms. The van der Waals surface area contributed by atoms with Gasteiger partial charge in [0.1, 0.15) is 17.8 Å². The van der Waals surface area contributed by atoms with Gasteiger partial charge in [0.25, 0.3) is 0 Å². The number of anilines is 2. The van der Waals surface area contributed by atoms with E-state index < -0.39 is 0 Å². The molecule has 5 rings (SSSR count). The molecule has 158 valence electrons. The summed E-state index contributed by atoms with van der Waals surface area (Å²) in [5, 5.41) is 6.16. The Morgan fingerprint density at radius 1 is 1.00 bits per heavy atom. The van der Waals surface area contributed by atoms with Crippen LogP contribution in [0.5, 0.6) is 0 Å². The van der Waals surface area contributed by atoms with E-state index in [1.807, 2.05) is 61.1 Å². The molecule has 0 aliphatic carbocycles. The first kappa shape index (κ1) is 19.8. The molecule has 0 saturated carbocycles. The van der Waals surface area contributed by atoms with Crippen molar-refractivity contribution < 1.29 is 4.79 Å². The monoisotopic (exact) mass is 421 g/mol. The third-order valence-corrected chi connectivity index (χ3v) is 5.76. The molecule has 0 radical (unpaired) electrons. The van der Waals surface area contributed by atoms with Gasteiger partial charge in [-0.1, -0.05) is 48.5 Å². The third kappa shape index (κ3) is 3.56. The van der Waals surface area contributed by atoms with E-state index in [-0.39, 0.29) is 5.91 Å². The molecule has 1 amide bonds. The van der Waals surface area contributed by atoms with Crippen LogP contribution in [0.3, 0.4) is 0 Å². The average molecular weight is 422 g/mol. The summed E-state index contributed by atoms with van der Waals surface area (Å²) in [4.78, 5) is 21.2. The van der Waals surface area contributed by atoms with E-state index in [9.17, 15) is 4.79 Å². The third-order valence-electron chi connectivity index (χ3n) is 5.76. The van der Waals surface area contributed by atoms with E-state index >= 15 is 0 Å². The Bertz CT molecular complexity index is 1480. The summed E-state index contributed by atoms with van der Waals surface area (Å²) in [6.45, 7) is 2.02. The number of aromatic nitrogens is 3. The number of carbonyl (C=O) groups excluding carboxylic acids is 1. The fraction of sp³-hybridized carbons (Fsp3) is 0.115. The van der Waals surface area contributed by atoms with E-state index in [4.69, 9.17) is 5.73 Å². The van der Waals surface area contributed by atoms with Crippen LogP contribution in [-0.4, -0.2) is 20.4 Å². The van der Waals surface area contributed by atoms with Crippen LogP contribution in [0.25, 0.3) is 32.9 Å². The Labute approximate surface area is 185 Å². The van der Waals surface area contributed by atoms with E-state index in [2.05, 4.69) is 39.6 Å². The standard InChI is InChI=1S/C26H23N5O/c1-16-11-20(30-23(32)13-17-7-8-18-5-3-4-6-19(18)12-17)9-10-21(16)22-14-31(2)26-24(22)25(27)28-15-29-26/h3-12,14-15H,13H2,1-2H3,(H,30,32)(H2,27,28,29). The number of hydrogen-bond acceptors (Lipinski definition) is 4. The lowest BCUT2D eigenvalue weighted by molar-refractivity contribution is -0.115. The van der Waals surface area contributed by atoms with E-state index in [1.54, 1.807) is 0 Å². The van der Waals surface area contributed by atoms with Gasteiger partial charge in [0.2, 0.25) is 5.91 Å².